The molecule has 1 N–H and O–H groups in total. The summed E-state index contributed by atoms with van der Waals surface area (Å²) < 4.78 is 2.18. The second kappa shape index (κ2) is 6.71. The minimum atomic E-state index is 0.763. The third-order valence-electron chi connectivity index (χ3n) is 2.57. The quantitative estimate of drug-likeness (QED) is 0.762. The molecule has 2 aromatic carbocycles. The molecule has 0 aliphatic rings. The van der Waals surface area contributed by atoms with Gasteiger partial charge in [0.1, 0.15) is 0 Å². The molecule has 4 heteroatoms. The van der Waals surface area contributed by atoms with Crippen molar-refractivity contribution in [2.45, 2.75) is 13.1 Å². The molecule has 0 aliphatic heterocycles. The first-order chi connectivity index (χ1) is 8.65. The van der Waals surface area contributed by atoms with Gasteiger partial charge in [0.2, 0.25) is 0 Å². The summed E-state index contributed by atoms with van der Waals surface area (Å²) in [5.41, 5.74) is 2.43. The minimum absolute atomic E-state index is 0.763. The van der Waals surface area contributed by atoms with Gasteiger partial charge in [-0.25, -0.2) is 0 Å². The van der Waals surface area contributed by atoms with E-state index in [2.05, 4.69) is 49.3 Å². The smallest absolute Gasteiger partial charge is 0.0410 e. The van der Waals surface area contributed by atoms with E-state index < -0.39 is 0 Å². The number of rotatable bonds is 4. The third-order valence-corrected chi connectivity index (χ3v) is 4.10. The summed E-state index contributed by atoms with van der Waals surface area (Å²) in [5, 5.41) is 4.16. The Kier molecular flexibility index (Phi) is 5.25. The molecule has 0 aliphatic carbocycles. The Morgan fingerprint density at radius 3 is 2.39 bits per heavy atom. The molecule has 1 nitrogen and oxygen atoms in total. The Labute approximate surface area is 129 Å². The van der Waals surface area contributed by atoms with E-state index >= 15 is 0 Å². The molecule has 0 fully saturated rings. The standard InChI is InChI=1S/C14H12Br2ClN/c15-12-3-1-10(2-4-12)8-18-9-11-7-13(17)5-6-14(11)16/h1-7,18H,8-9H2. The molecule has 0 spiro atoms. The molecular formula is C14H12Br2ClN. The fourth-order valence-corrected chi connectivity index (χ4v) is 2.47. The van der Waals surface area contributed by atoms with Crippen LogP contribution in [0.1, 0.15) is 11.1 Å². The highest BCUT2D eigenvalue weighted by Crippen LogP contribution is 2.21. The predicted octanol–water partition coefficient (Wildman–Crippen LogP) is 5.15. The first-order valence-corrected chi connectivity index (χ1v) is 7.50. The van der Waals surface area contributed by atoms with Crippen LogP contribution in [-0.4, -0.2) is 0 Å². The Morgan fingerprint density at radius 2 is 1.67 bits per heavy atom. The van der Waals surface area contributed by atoms with Gasteiger partial charge in [0.05, 0.1) is 0 Å². The average molecular weight is 390 g/mol. The first-order valence-electron chi connectivity index (χ1n) is 5.54. The lowest BCUT2D eigenvalue weighted by atomic mass is 10.2. The van der Waals surface area contributed by atoms with Crippen LogP contribution in [0.4, 0.5) is 0 Å². The maximum absolute atomic E-state index is 5.98. The van der Waals surface area contributed by atoms with E-state index in [0.717, 1.165) is 27.1 Å². The maximum atomic E-state index is 5.98. The third kappa shape index (κ3) is 4.09. The van der Waals surface area contributed by atoms with Gasteiger partial charge in [-0.15, -0.1) is 0 Å². The van der Waals surface area contributed by atoms with Crippen molar-refractivity contribution in [2.24, 2.45) is 0 Å². The van der Waals surface area contributed by atoms with Crippen molar-refractivity contribution in [3.05, 3.63) is 67.6 Å². The van der Waals surface area contributed by atoms with Gasteiger partial charge < -0.3 is 5.32 Å². The summed E-state index contributed by atoms with van der Waals surface area (Å²) >= 11 is 12.9. The molecule has 0 bridgehead atoms. The van der Waals surface area contributed by atoms with Gasteiger partial charge in [0.25, 0.3) is 0 Å². The van der Waals surface area contributed by atoms with Gasteiger partial charge in [0.15, 0.2) is 0 Å². The van der Waals surface area contributed by atoms with Crippen LogP contribution in [0.2, 0.25) is 5.02 Å². The molecule has 0 saturated heterocycles. The van der Waals surface area contributed by atoms with Gasteiger partial charge in [-0.2, -0.15) is 0 Å². The minimum Gasteiger partial charge on any atom is -0.309 e. The second-order valence-corrected chi connectivity index (χ2v) is 6.17. The average Bonchev–Trinajstić information content (AvgIpc) is 2.36. The first kappa shape index (κ1) is 14.1. The van der Waals surface area contributed by atoms with Gasteiger partial charge in [-0.05, 0) is 41.5 Å². The fourth-order valence-electron chi connectivity index (χ4n) is 1.62. The van der Waals surface area contributed by atoms with Crippen molar-refractivity contribution < 1.29 is 0 Å². The molecule has 0 aromatic heterocycles. The monoisotopic (exact) mass is 387 g/mol. The van der Waals surface area contributed by atoms with E-state index in [1.807, 2.05) is 30.3 Å². The predicted molar refractivity (Wildman–Crippen MR) is 83.8 cm³/mol. The summed E-state index contributed by atoms with van der Waals surface area (Å²) in [6, 6.07) is 14.1. The fraction of sp³-hybridized carbons (Fsp3) is 0.143. The Hall–Kier alpha value is -0.350. The van der Waals surface area contributed by atoms with Gasteiger partial charge in [0, 0.05) is 27.1 Å². The van der Waals surface area contributed by atoms with Crippen molar-refractivity contribution >= 4 is 43.5 Å². The van der Waals surface area contributed by atoms with Crippen LogP contribution in [0.25, 0.3) is 0 Å². The van der Waals surface area contributed by atoms with E-state index in [1.165, 1.54) is 11.1 Å². The number of benzene rings is 2. The normalized spacial score (nSPS) is 10.6. The molecule has 0 amide bonds. The molecule has 94 valence electrons. The Morgan fingerprint density at radius 1 is 0.944 bits per heavy atom. The zero-order valence-electron chi connectivity index (χ0n) is 9.59. The van der Waals surface area contributed by atoms with Crippen molar-refractivity contribution in [3.8, 4) is 0 Å². The molecule has 0 heterocycles. The molecule has 18 heavy (non-hydrogen) atoms. The van der Waals surface area contributed by atoms with Crippen LogP contribution in [0.3, 0.4) is 0 Å². The summed E-state index contributed by atoms with van der Waals surface area (Å²) in [5.74, 6) is 0. The molecule has 2 aromatic rings. The molecule has 0 unspecified atom stereocenters. The lowest BCUT2D eigenvalue weighted by Crippen LogP contribution is -2.12. The number of nitrogens with one attached hydrogen (secondary N) is 1. The number of hydrogen-bond donors (Lipinski definition) is 1. The van der Waals surface area contributed by atoms with E-state index in [0.29, 0.717) is 0 Å². The lowest BCUT2D eigenvalue weighted by Gasteiger charge is -2.07. The zero-order valence-corrected chi connectivity index (χ0v) is 13.5. The molecule has 0 radical (unpaired) electrons. The van der Waals surface area contributed by atoms with E-state index in [9.17, 15) is 0 Å². The largest absolute Gasteiger partial charge is 0.309 e. The van der Waals surface area contributed by atoms with Crippen molar-refractivity contribution in [2.75, 3.05) is 0 Å². The van der Waals surface area contributed by atoms with Crippen LogP contribution >= 0.6 is 43.5 Å². The van der Waals surface area contributed by atoms with E-state index in [4.69, 9.17) is 11.6 Å². The topological polar surface area (TPSA) is 12.0 Å². The van der Waals surface area contributed by atoms with Gasteiger partial charge in [-0.1, -0.05) is 55.6 Å². The van der Waals surface area contributed by atoms with E-state index in [-0.39, 0.29) is 0 Å². The van der Waals surface area contributed by atoms with Crippen LogP contribution in [-0.2, 0) is 13.1 Å². The zero-order chi connectivity index (χ0) is 13.0. The van der Waals surface area contributed by atoms with Gasteiger partial charge in [-0.3, -0.25) is 0 Å². The summed E-state index contributed by atoms with van der Waals surface area (Å²) in [6.07, 6.45) is 0. The summed E-state index contributed by atoms with van der Waals surface area (Å²) in [7, 11) is 0. The summed E-state index contributed by atoms with van der Waals surface area (Å²) in [6.45, 7) is 1.63. The SMILES string of the molecule is Clc1ccc(Br)c(CNCc2ccc(Br)cc2)c1. The Balaban J connectivity index is 1.92. The van der Waals surface area contributed by atoms with E-state index in [1.54, 1.807) is 0 Å². The number of halogens is 3. The van der Waals surface area contributed by atoms with Crippen LogP contribution < -0.4 is 5.32 Å². The highest BCUT2D eigenvalue weighted by Gasteiger charge is 2.00. The molecule has 0 saturated carbocycles. The van der Waals surface area contributed by atoms with Crippen LogP contribution in [0.5, 0.6) is 0 Å². The molecule has 2 rings (SSSR count). The molecule has 0 atom stereocenters. The van der Waals surface area contributed by atoms with Crippen molar-refractivity contribution in [1.29, 1.82) is 0 Å². The highest BCUT2D eigenvalue weighted by atomic mass is 79.9. The molecular weight excluding hydrogens is 377 g/mol. The second-order valence-electron chi connectivity index (χ2n) is 3.97. The van der Waals surface area contributed by atoms with Crippen molar-refractivity contribution in [3.63, 3.8) is 0 Å². The maximum Gasteiger partial charge on any atom is 0.0410 e. The van der Waals surface area contributed by atoms with Crippen molar-refractivity contribution in [1.82, 2.24) is 5.32 Å². The van der Waals surface area contributed by atoms with Crippen LogP contribution in [0.15, 0.2) is 51.4 Å². The Bertz CT molecular complexity index is 526. The summed E-state index contributed by atoms with van der Waals surface area (Å²) in [4.78, 5) is 0. The number of hydrogen-bond acceptors (Lipinski definition) is 1. The highest BCUT2D eigenvalue weighted by molar-refractivity contribution is 9.10. The lowest BCUT2D eigenvalue weighted by molar-refractivity contribution is 0.691. The van der Waals surface area contributed by atoms with Crippen LogP contribution in [0, 0.1) is 0 Å². The van der Waals surface area contributed by atoms with Gasteiger partial charge >= 0.3 is 0 Å².